The van der Waals surface area contributed by atoms with Gasteiger partial charge in [0.2, 0.25) is 0 Å². The second kappa shape index (κ2) is 7.27. The number of aliphatic hydroxyl groups is 1. The molecule has 0 atom stereocenters. The number of phenols is 1. The standard InChI is InChI=1S/C23H16Cl2N2O4/c24-14-3-1-4-15(25)18(14)13-10-17-19(21-20(13)22(30)26-23(21)31)12-9-11(29)5-6-16(12)27(17)7-2-8-28/h1,3-6,9-10,28-29H,2,7-8H2,(H,26,30,31). The monoisotopic (exact) mass is 454 g/mol. The largest absolute Gasteiger partial charge is 0.508 e. The highest BCUT2D eigenvalue weighted by Gasteiger charge is 2.35. The van der Waals surface area contributed by atoms with Gasteiger partial charge in [0.15, 0.2) is 0 Å². The minimum atomic E-state index is -0.524. The van der Waals surface area contributed by atoms with Crippen LogP contribution >= 0.6 is 23.2 Å². The third-order valence-electron chi connectivity index (χ3n) is 5.59. The van der Waals surface area contributed by atoms with E-state index in [0.29, 0.717) is 50.4 Å². The molecule has 8 heteroatoms. The van der Waals surface area contributed by atoms with Crippen LogP contribution in [0.25, 0.3) is 32.9 Å². The molecule has 5 rings (SSSR count). The summed E-state index contributed by atoms with van der Waals surface area (Å²) in [4.78, 5) is 25.7. The number of nitrogens with one attached hydrogen (secondary N) is 1. The molecule has 1 aliphatic heterocycles. The van der Waals surface area contributed by atoms with Gasteiger partial charge >= 0.3 is 0 Å². The lowest BCUT2D eigenvalue weighted by Gasteiger charge is -2.13. The van der Waals surface area contributed by atoms with Crippen molar-refractivity contribution in [2.45, 2.75) is 13.0 Å². The van der Waals surface area contributed by atoms with Crippen molar-refractivity contribution in [1.29, 1.82) is 0 Å². The second-order valence-electron chi connectivity index (χ2n) is 7.38. The summed E-state index contributed by atoms with van der Waals surface area (Å²) >= 11 is 12.9. The Morgan fingerprint density at radius 1 is 0.903 bits per heavy atom. The lowest BCUT2D eigenvalue weighted by molar-refractivity contribution is 0.0880. The van der Waals surface area contributed by atoms with E-state index in [1.165, 1.54) is 0 Å². The predicted octanol–water partition coefficient (Wildman–Crippen LogP) is 4.74. The van der Waals surface area contributed by atoms with Crippen molar-refractivity contribution in [3.8, 4) is 16.9 Å². The van der Waals surface area contributed by atoms with Crippen LogP contribution in [0.5, 0.6) is 5.75 Å². The van der Waals surface area contributed by atoms with E-state index in [0.717, 1.165) is 5.52 Å². The van der Waals surface area contributed by atoms with Crippen LogP contribution in [0.4, 0.5) is 0 Å². The van der Waals surface area contributed by atoms with Crippen molar-refractivity contribution in [2.75, 3.05) is 6.61 Å². The molecule has 1 aliphatic rings. The number of phenolic OH excluding ortho intramolecular Hbond substituents is 1. The van der Waals surface area contributed by atoms with E-state index in [9.17, 15) is 19.8 Å². The number of benzene rings is 3. The zero-order valence-corrected chi connectivity index (χ0v) is 17.6. The Morgan fingerprint density at radius 2 is 1.61 bits per heavy atom. The zero-order chi connectivity index (χ0) is 21.9. The molecule has 156 valence electrons. The van der Waals surface area contributed by atoms with E-state index in [4.69, 9.17) is 23.2 Å². The minimum absolute atomic E-state index is 0.00758. The first-order chi connectivity index (χ1) is 14.9. The molecule has 6 nitrogen and oxygen atoms in total. The summed E-state index contributed by atoms with van der Waals surface area (Å²) in [5.41, 5.74) is 2.82. The molecule has 0 saturated carbocycles. The molecular weight excluding hydrogens is 439 g/mol. The third kappa shape index (κ3) is 2.91. The van der Waals surface area contributed by atoms with Crippen LogP contribution in [0.2, 0.25) is 10.0 Å². The molecule has 0 saturated heterocycles. The van der Waals surface area contributed by atoms with Gasteiger partial charge in [0, 0.05) is 50.6 Å². The smallest absolute Gasteiger partial charge is 0.259 e. The van der Waals surface area contributed by atoms with E-state index in [1.54, 1.807) is 42.5 Å². The zero-order valence-electron chi connectivity index (χ0n) is 16.1. The van der Waals surface area contributed by atoms with E-state index >= 15 is 0 Å². The maximum absolute atomic E-state index is 12.9. The quantitative estimate of drug-likeness (QED) is 0.388. The van der Waals surface area contributed by atoms with Crippen molar-refractivity contribution in [3.63, 3.8) is 0 Å². The Labute approximate surface area is 186 Å². The van der Waals surface area contributed by atoms with Crippen LogP contribution < -0.4 is 5.32 Å². The third-order valence-corrected chi connectivity index (χ3v) is 6.22. The SMILES string of the molecule is O=C1NC(=O)c2c1c(-c1c(Cl)cccc1Cl)cc1c2c2cc(O)ccc2n1CCCO. The Hall–Kier alpha value is -3.06. The van der Waals surface area contributed by atoms with E-state index in [2.05, 4.69) is 5.32 Å². The molecule has 0 fully saturated rings. The maximum Gasteiger partial charge on any atom is 0.259 e. The summed E-state index contributed by atoms with van der Waals surface area (Å²) in [6, 6.07) is 11.7. The normalized spacial score (nSPS) is 13.3. The van der Waals surface area contributed by atoms with Gasteiger partial charge in [0.1, 0.15) is 5.75 Å². The fraction of sp³-hybridized carbons (Fsp3) is 0.130. The number of rotatable bonds is 4. The molecular formula is C23H16Cl2N2O4. The summed E-state index contributed by atoms with van der Waals surface area (Å²) in [5, 5.41) is 23.8. The van der Waals surface area contributed by atoms with E-state index < -0.39 is 11.8 Å². The van der Waals surface area contributed by atoms with Gasteiger partial charge in [-0.2, -0.15) is 0 Å². The minimum Gasteiger partial charge on any atom is -0.508 e. The number of amides is 2. The summed E-state index contributed by atoms with van der Waals surface area (Å²) in [6.07, 6.45) is 0.490. The van der Waals surface area contributed by atoms with Crippen LogP contribution in [-0.2, 0) is 6.54 Å². The highest BCUT2D eigenvalue weighted by Crippen LogP contribution is 2.44. The van der Waals surface area contributed by atoms with Gasteiger partial charge in [0.25, 0.3) is 11.8 Å². The fourth-order valence-corrected chi connectivity index (χ4v) is 4.96. The molecule has 3 N–H and O–H groups in total. The van der Waals surface area contributed by atoms with Crippen LogP contribution in [0.3, 0.4) is 0 Å². The number of carbonyl (C=O) groups excluding carboxylic acids is 2. The van der Waals surface area contributed by atoms with Gasteiger partial charge in [-0.05, 0) is 42.8 Å². The number of fused-ring (bicyclic) bond motifs is 5. The average Bonchev–Trinajstić information content (AvgIpc) is 3.19. The van der Waals surface area contributed by atoms with E-state index in [-0.39, 0.29) is 23.5 Å². The van der Waals surface area contributed by atoms with Crippen LogP contribution in [0.1, 0.15) is 27.1 Å². The highest BCUT2D eigenvalue weighted by atomic mass is 35.5. The number of hydrogen-bond acceptors (Lipinski definition) is 4. The van der Waals surface area contributed by atoms with Crippen molar-refractivity contribution in [2.24, 2.45) is 0 Å². The molecule has 2 heterocycles. The van der Waals surface area contributed by atoms with Crippen molar-refractivity contribution < 1.29 is 19.8 Å². The summed E-state index contributed by atoms with van der Waals surface area (Å²) < 4.78 is 1.96. The molecule has 31 heavy (non-hydrogen) atoms. The lowest BCUT2D eigenvalue weighted by atomic mass is 9.92. The van der Waals surface area contributed by atoms with Gasteiger partial charge in [-0.3, -0.25) is 14.9 Å². The number of aromatic nitrogens is 1. The second-order valence-corrected chi connectivity index (χ2v) is 8.19. The molecule has 0 unspecified atom stereocenters. The molecule has 0 aliphatic carbocycles. The van der Waals surface area contributed by atoms with Gasteiger partial charge in [0.05, 0.1) is 16.6 Å². The van der Waals surface area contributed by atoms with Crippen LogP contribution in [0.15, 0.2) is 42.5 Å². The van der Waals surface area contributed by atoms with Crippen molar-refractivity contribution in [3.05, 3.63) is 63.6 Å². The number of hydrogen-bond donors (Lipinski definition) is 3. The Kier molecular flexibility index (Phi) is 4.66. The number of imide groups is 1. The summed E-state index contributed by atoms with van der Waals surface area (Å²) in [5.74, 6) is -0.991. The molecule has 0 bridgehead atoms. The van der Waals surface area contributed by atoms with Gasteiger partial charge < -0.3 is 14.8 Å². The Balaban J connectivity index is 2.00. The molecule has 0 radical (unpaired) electrons. The van der Waals surface area contributed by atoms with E-state index in [1.807, 2.05) is 4.57 Å². The number of aromatic hydroxyl groups is 1. The number of aliphatic hydroxyl groups excluding tert-OH is 1. The van der Waals surface area contributed by atoms with Crippen LogP contribution in [-0.4, -0.2) is 33.2 Å². The number of halogens is 2. The summed E-state index contributed by atoms with van der Waals surface area (Å²) in [6.45, 7) is 0.470. The lowest BCUT2D eigenvalue weighted by Crippen LogP contribution is -2.20. The highest BCUT2D eigenvalue weighted by molar-refractivity contribution is 6.41. The Bertz CT molecular complexity index is 1400. The molecule has 3 aromatic carbocycles. The molecule has 2 amide bonds. The fourth-order valence-electron chi connectivity index (χ4n) is 4.36. The molecule has 4 aromatic rings. The molecule has 0 spiro atoms. The first kappa shape index (κ1) is 19.9. The summed E-state index contributed by atoms with van der Waals surface area (Å²) in [7, 11) is 0. The van der Waals surface area contributed by atoms with Gasteiger partial charge in [-0.15, -0.1) is 0 Å². The van der Waals surface area contributed by atoms with Crippen molar-refractivity contribution in [1.82, 2.24) is 9.88 Å². The Morgan fingerprint density at radius 3 is 2.32 bits per heavy atom. The van der Waals surface area contributed by atoms with Gasteiger partial charge in [-0.1, -0.05) is 29.3 Å². The van der Waals surface area contributed by atoms with Crippen molar-refractivity contribution >= 4 is 56.8 Å². The number of aryl methyl sites for hydroxylation is 1. The first-order valence-corrected chi connectivity index (χ1v) is 10.4. The number of nitrogens with zero attached hydrogens (tertiary/aromatic N) is 1. The predicted molar refractivity (Wildman–Crippen MR) is 120 cm³/mol. The first-order valence-electron chi connectivity index (χ1n) is 9.65. The topological polar surface area (TPSA) is 91.6 Å². The maximum atomic E-state index is 12.9. The molecule has 1 aromatic heterocycles. The number of carbonyl (C=O) groups is 2. The van der Waals surface area contributed by atoms with Gasteiger partial charge in [-0.25, -0.2) is 0 Å². The average molecular weight is 455 g/mol. The van der Waals surface area contributed by atoms with Crippen LogP contribution in [0, 0.1) is 0 Å².